The van der Waals surface area contributed by atoms with Crippen molar-refractivity contribution in [3.63, 3.8) is 0 Å². The van der Waals surface area contributed by atoms with Crippen molar-refractivity contribution in [2.45, 2.75) is 24.8 Å². The molecular weight excluding hydrogens is 410 g/mol. The van der Waals surface area contributed by atoms with Crippen LogP contribution in [0, 0.1) is 0 Å². The number of carboxylic acids is 1. The summed E-state index contributed by atoms with van der Waals surface area (Å²) in [4.78, 5) is 28.9. The molecule has 0 saturated carbocycles. The number of allylic oxidation sites excluding steroid dienone is 2. The van der Waals surface area contributed by atoms with E-state index in [4.69, 9.17) is 0 Å². The lowest BCUT2D eigenvalue weighted by Gasteiger charge is -2.26. The molecule has 1 aliphatic rings. The number of aromatic nitrogens is 1. The highest BCUT2D eigenvalue weighted by Gasteiger charge is 2.29. The van der Waals surface area contributed by atoms with Crippen molar-refractivity contribution in [2.75, 3.05) is 23.9 Å². The van der Waals surface area contributed by atoms with Crippen molar-refractivity contribution in [2.24, 2.45) is 0 Å². The fourth-order valence-corrected chi connectivity index (χ4v) is 3.99. The molecule has 6 nitrogen and oxygen atoms in total. The van der Waals surface area contributed by atoms with Gasteiger partial charge in [0.15, 0.2) is 0 Å². The third-order valence-corrected chi connectivity index (χ3v) is 5.82. The number of hydrogen-bond donors (Lipinski definition) is 3. The molecule has 0 radical (unpaired) electrons. The van der Waals surface area contributed by atoms with Crippen LogP contribution in [0.3, 0.4) is 0 Å². The molecule has 0 bridgehead atoms. The summed E-state index contributed by atoms with van der Waals surface area (Å²) in [5.41, 5.74) is 2.76. The fourth-order valence-electron chi connectivity index (χ4n) is 3.52. The van der Waals surface area contributed by atoms with E-state index in [1.807, 2.05) is 66.9 Å². The van der Waals surface area contributed by atoms with Gasteiger partial charge in [0.2, 0.25) is 5.91 Å². The van der Waals surface area contributed by atoms with E-state index in [-0.39, 0.29) is 11.8 Å². The Bertz CT molecular complexity index is 945. The SMILES string of the molecule is CSCC[C@H](NC(=O)C1=CC=C(CNc2ccccn2)CC1c1ccccc1)C(=O)O. The van der Waals surface area contributed by atoms with Gasteiger partial charge in [-0.05, 0) is 42.5 Å². The highest BCUT2D eigenvalue weighted by molar-refractivity contribution is 7.98. The van der Waals surface area contributed by atoms with E-state index >= 15 is 0 Å². The fraction of sp³-hybridized carbons (Fsp3) is 0.292. The van der Waals surface area contributed by atoms with Gasteiger partial charge in [-0.2, -0.15) is 11.8 Å². The minimum Gasteiger partial charge on any atom is -0.480 e. The monoisotopic (exact) mass is 437 g/mol. The van der Waals surface area contributed by atoms with Crippen molar-refractivity contribution in [3.05, 3.63) is 83.6 Å². The number of anilines is 1. The highest BCUT2D eigenvalue weighted by atomic mass is 32.2. The Labute approximate surface area is 186 Å². The molecule has 1 amide bonds. The second kappa shape index (κ2) is 11.4. The van der Waals surface area contributed by atoms with E-state index in [1.165, 1.54) is 0 Å². The number of carbonyl (C=O) groups excluding carboxylic acids is 1. The molecule has 7 heteroatoms. The van der Waals surface area contributed by atoms with E-state index in [0.717, 1.165) is 17.0 Å². The zero-order valence-electron chi connectivity index (χ0n) is 17.5. The zero-order chi connectivity index (χ0) is 22.1. The van der Waals surface area contributed by atoms with Gasteiger partial charge in [0.1, 0.15) is 11.9 Å². The molecule has 2 atom stereocenters. The number of thioether (sulfide) groups is 1. The molecule has 1 heterocycles. The summed E-state index contributed by atoms with van der Waals surface area (Å²) in [5.74, 6) is -0.00465. The molecule has 3 rings (SSSR count). The predicted molar refractivity (Wildman–Crippen MR) is 125 cm³/mol. The molecule has 31 heavy (non-hydrogen) atoms. The van der Waals surface area contributed by atoms with Gasteiger partial charge in [-0.1, -0.05) is 54.1 Å². The third-order valence-electron chi connectivity index (χ3n) is 5.18. The minimum atomic E-state index is -1.01. The number of aliphatic carboxylic acids is 1. The van der Waals surface area contributed by atoms with Crippen LogP contribution in [-0.4, -0.2) is 46.6 Å². The number of carbonyl (C=O) groups is 2. The first-order chi connectivity index (χ1) is 15.1. The lowest BCUT2D eigenvalue weighted by atomic mass is 9.81. The third kappa shape index (κ3) is 6.46. The predicted octanol–water partition coefficient (Wildman–Crippen LogP) is 3.86. The Morgan fingerprint density at radius 2 is 1.94 bits per heavy atom. The van der Waals surface area contributed by atoms with Crippen molar-refractivity contribution in [1.29, 1.82) is 0 Å². The molecule has 0 fully saturated rings. The van der Waals surface area contributed by atoms with Crippen molar-refractivity contribution >= 4 is 29.5 Å². The van der Waals surface area contributed by atoms with Gasteiger partial charge < -0.3 is 15.7 Å². The molecule has 1 aromatic carbocycles. The van der Waals surface area contributed by atoms with Crippen LogP contribution in [0.25, 0.3) is 0 Å². The first-order valence-corrected chi connectivity index (χ1v) is 11.6. The first-order valence-electron chi connectivity index (χ1n) is 10.2. The Morgan fingerprint density at radius 3 is 2.61 bits per heavy atom. The van der Waals surface area contributed by atoms with E-state index in [0.29, 0.717) is 30.7 Å². The Balaban J connectivity index is 1.78. The summed E-state index contributed by atoms with van der Waals surface area (Å²) in [5, 5.41) is 15.5. The van der Waals surface area contributed by atoms with E-state index in [2.05, 4.69) is 15.6 Å². The maximum absolute atomic E-state index is 13.0. The van der Waals surface area contributed by atoms with Gasteiger partial charge in [-0.15, -0.1) is 0 Å². The average Bonchev–Trinajstić information content (AvgIpc) is 2.81. The Kier molecular flexibility index (Phi) is 8.29. The number of amides is 1. The van der Waals surface area contributed by atoms with Crippen LogP contribution < -0.4 is 10.6 Å². The molecule has 0 saturated heterocycles. The largest absolute Gasteiger partial charge is 0.480 e. The van der Waals surface area contributed by atoms with Crippen LogP contribution in [0.4, 0.5) is 5.82 Å². The smallest absolute Gasteiger partial charge is 0.326 e. The van der Waals surface area contributed by atoms with Crippen LogP contribution in [0.15, 0.2) is 78.0 Å². The van der Waals surface area contributed by atoms with Gasteiger partial charge in [0, 0.05) is 24.2 Å². The molecule has 1 unspecified atom stereocenters. The zero-order valence-corrected chi connectivity index (χ0v) is 18.3. The number of pyridine rings is 1. The standard InChI is InChI=1S/C24H27N3O3S/c1-31-14-12-21(24(29)30)27-23(28)19-11-10-17(16-26-22-9-5-6-13-25-22)15-20(19)18-7-3-2-4-8-18/h2-11,13,20-21H,12,14-16H2,1H3,(H,25,26)(H,27,28)(H,29,30)/t20?,21-/m0/s1. The van der Waals surface area contributed by atoms with Gasteiger partial charge >= 0.3 is 5.97 Å². The number of benzene rings is 1. The molecule has 0 aliphatic heterocycles. The quantitative estimate of drug-likeness (QED) is 0.523. The van der Waals surface area contributed by atoms with Crippen molar-refractivity contribution in [3.8, 4) is 0 Å². The van der Waals surface area contributed by atoms with Gasteiger partial charge in [-0.3, -0.25) is 4.79 Å². The summed E-state index contributed by atoms with van der Waals surface area (Å²) in [7, 11) is 0. The van der Waals surface area contributed by atoms with Gasteiger partial charge in [0.05, 0.1) is 0 Å². The van der Waals surface area contributed by atoms with Crippen LogP contribution in [0.1, 0.15) is 24.3 Å². The lowest BCUT2D eigenvalue weighted by molar-refractivity contribution is -0.141. The Hall–Kier alpha value is -3.06. The molecular formula is C24H27N3O3S. The molecule has 3 N–H and O–H groups in total. The van der Waals surface area contributed by atoms with Crippen LogP contribution >= 0.6 is 11.8 Å². The topological polar surface area (TPSA) is 91.3 Å². The average molecular weight is 438 g/mol. The second-order valence-corrected chi connectivity index (χ2v) is 8.31. The molecule has 162 valence electrons. The maximum Gasteiger partial charge on any atom is 0.326 e. The lowest BCUT2D eigenvalue weighted by Crippen LogP contribution is -2.42. The molecule has 0 spiro atoms. The molecule has 2 aromatic rings. The summed E-state index contributed by atoms with van der Waals surface area (Å²) in [6.07, 6.45) is 8.48. The normalized spacial score (nSPS) is 16.6. The summed E-state index contributed by atoms with van der Waals surface area (Å²) in [6, 6.07) is 14.7. The van der Waals surface area contributed by atoms with E-state index in [9.17, 15) is 14.7 Å². The number of hydrogen-bond acceptors (Lipinski definition) is 5. The van der Waals surface area contributed by atoms with Crippen LogP contribution in [-0.2, 0) is 9.59 Å². The van der Waals surface area contributed by atoms with Crippen LogP contribution in [0.2, 0.25) is 0 Å². The number of nitrogens with one attached hydrogen (secondary N) is 2. The summed E-state index contributed by atoms with van der Waals surface area (Å²) in [6.45, 7) is 0.622. The van der Waals surface area contributed by atoms with Crippen molar-refractivity contribution in [1.82, 2.24) is 10.3 Å². The van der Waals surface area contributed by atoms with Gasteiger partial charge in [0.25, 0.3) is 0 Å². The van der Waals surface area contributed by atoms with Gasteiger partial charge in [-0.25, -0.2) is 9.78 Å². The summed E-state index contributed by atoms with van der Waals surface area (Å²) >= 11 is 1.56. The molecule has 1 aromatic heterocycles. The summed E-state index contributed by atoms with van der Waals surface area (Å²) < 4.78 is 0. The van der Waals surface area contributed by atoms with Crippen molar-refractivity contribution < 1.29 is 14.7 Å². The Morgan fingerprint density at radius 1 is 1.16 bits per heavy atom. The highest BCUT2D eigenvalue weighted by Crippen LogP contribution is 2.34. The number of carboxylic acid groups (broad SMARTS) is 1. The van der Waals surface area contributed by atoms with E-state index < -0.39 is 12.0 Å². The van der Waals surface area contributed by atoms with Crippen LogP contribution in [0.5, 0.6) is 0 Å². The first kappa shape index (κ1) is 22.6. The van der Waals surface area contributed by atoms with E-state index in [1.54, 1.807) is 18.0 Å². The second-order valence-electron chi connectivity index (χ2n) is 7.33. The minimum absolute atomic E-state index is 0.137. The number of rotatable bonds is 10. The molecule has 1 aliphatic carbocycles. The number of nitrogens with zero attached hydrogens (tertiary/aromatic N) is 1. The maximum atomic E-state index is 13.0.